The van der Waals surface area contributed by atoms with Crippen LogP contribution in [0.2, 0.25) is 0 Å². The molecule has 4 nitrogen and oxygen atoms in total. The van der Waals surface area contributed by atoms with Gasteiger partial charge < -0.3 is 15.0 Å². The molecule has 0 saturated carbocycles. The molecule has 1 N–H and O–H groups in total. The number of nitrogens with zero attached hydrogens (tertiary/aromatic N) is 2. The molecule has 0 radical (unpaired) electrons. The van der Waals surface area contributed by atoms with Gasteiger partial charge in [0.1, 0.15) is 0 Å². The SMILES string of the molecule is CCOCCN(C)c1nc(C(C)CC)c(CNC(C)C)s1. The van der Waals surface area contributed by atoms with Gasteiger partial charge in [-0.3, -0.25) is 0 Å². The predicted molar refractivity (Wildman–Crippen MR) is 92.6 cm³/mol. The summed E-state index contributed by atoms with van der Waals surface area (Å²) >= 11 is 1.81. The Morgan fingerprint density at radius 2 is 2.00 bits per heavy atom. The highest BCUT2D eigenvalue weighted by Gasteiger charge is 2.18. The standard InChI is InChI=1S/C16H31N3OS/c1-7-13(5)15-14(11-17-12(3)4)21-16(18-15)19(6)9-10-20-8-2/h12-13,17H,7-11H2,1-6H3. The minimum Gasteiger partial charge on any atom is -0.380 e. The Labute approximate surface area is 133 Å². The van der Waals surface area contributed by atoms with Crippen LogP contribution in [0.1, 0.15) is 57.5 Å². The Morgan fingerprint density at radius 3 is 2.57 bits per heavy atom. The quantitative estimate of drug-likeness (QED) is 0.669. The predicted octanol–water partition coefficient (Wildman–Crippen LogP) is 3.63. The first-order chi connectivity index (χ1) is 9.99. The van der Waals surface area contributed by atoms with E-state index in [1.807, 2.05) is 18.3 Å². The fourth-order valence-corrected chi connectivity index (χ4v) is 3.08. The molecule has 0 aliphatic rings. The first-order valence-electron chi connectivity index (χ1n) is 8.01. The van der Waals surface area contributed by atoms with Crippen LogP contribution >= 0.6 is 11.3 Å². The molecule has 0 aliphatic heterocycles. The van der Waals surface area contributed by atoms with E-state index in [0.717, 1.165) is 37.9 Å². The van der Waals surface area contributed by atoms with Crippen molar-refractivity contribution in [2.75, 3.05) is 31.7 Å². The van der Waals surface area contributed by atoms with Crippen LogP contribution in [0.4, 0.5) is 5.13 Å². The minimum atomic E-state index is 0.496. The lowest BCUT2D eigenvalue weighted by Gasteiger charge is -2.15. The number of rotatable bonds is 10. The third-order valence-electron chi connectivity index (χ3n) is 3.57. The summed E-state index contributed by atoms with van der Waals surface area (Å²) in [6, 6.07) is 0.496. The Hall–Kier alpha value is -0.650. The second-order valence-electron chi connectivity index (χ2n) is 5.77. The molecule has 1 unspecified atom stereocenters. The summed E-state index contributed by atoms with van der Waals surface area (Å²) < 4.78 is 5.43. The lowest BCUT2D eigenvalue weighted by Crippen LogP contribution is -2.22. The van der Waals surface area contributed by atoms with Gasteiger partial charge in [0.05, 0.1) is 12.3 Å². The smallest absolute Gasteiger partial charge is 0.185 e. The minimum absolute atomic E-state index is 0.496. The zero-order valence-electron chi connectivity index (χ0n) is 14.4. The fourth-order valence-electron chi connectivity index (χ4n) is 1.96. The zero-order valence-corrected chi connectivity index (χ0v) is 15.2. The van der Waals surface area contributed by atoms with Crippen molar-refractivity contribution in [3.05, 3.63) is 10.6 Å². The van der Waals surface area contributed by atoms with Crippen LogP contribution in [0.25, 0.3) is 0 Å². The molecule has 1 rings (SSSR count). The average Bonchev–Trinajstić information content (AvgIpc) is 2.88. The summed E-state index contributed by atoms with van der Waals surface area (Å²) in [4.78, 5) is 8.46. The largest absolute Gasteiger partial charge is 0.380 e. The Kier molecular flexibility index (Phi) is 8.22. The zero-order chi connectivity index (χ0) is 15.8. The molecule has 1 atom stereocenters. The summed E-state index contributed by atoms with van der Waals surface area (Å²) in [7, 11) is 2.10. The van der Waals surface area contributed by atoms with Crippen LogP contribution < -0.4 is 10.2 Å². The lowest BCUT2D eigenvalue weighted by atomic mass is 10.0. The topological polar surface area (TPSA) is 37.4 Å². The number of ether oxygens (including phenoxy) is 1. The van der Waals surface area contributed by atoms with Crippen molar-refractivity contribution in [1.82, 2.24) is 10.3 Å². The maximum absolute atomic E-state index is 5.43. The molecule has 0 bridgehead atoms. The molecular weight excluding hydrogens is 282 g/mol. The number of hydrogen-bond donors (Lipinski definition) is 1. The van der Waals surface area contributed by atoms with Crippen LogP contribution in [0.5, 0.6) is 0 Å². The number of nitrogens with one attached hydrogen (secondary N) is 1. The molecule has 5 heteroatoms. The van der Waals surface area contributed by atoms with Gasteiger partial charge in [0, 0.05) is 37.7 Å². The normalized spacial score (nSPS) is 12.9. The van der Waals surface area contributed by atoms with E-state index >= 15 is 0 Å². The third kappa shape index (κ3) is 5.93. The van der Waals surface area contributed by atoms with Crippen LogP contribution in [-0.4, -0.2) is 37.8 Å². The van der Waals surface area contributed by atoms with Crippen molar-refractivity contribution < 1.29 is 4.74 Å². The molecule has 0 fully saturated rings. The van der Waals surface area contributed by atoms with E-state index in [-0.39, 0.29) is 0 Å². The number of aromatic nitrogens is 1. The van der Waals surface area contributed by atoms with Gasteiger partial charge in [0.2, 0.25) is 0 Å². The molecule has 122 valence electrons. The van der Waals surface area contributed by atoms with Crippen LogP contribution in [0.3, 0.4) is 0 Å². The summed E-state index contributed by atoms with van der Waals surface area (Å²) in [5, 5.41) is 4.62. The van der Waals surface area contributed by atoms with Gasteiger partial charge in [-0.05, 0) is 19.3 Å². The van der Waals surface area contributed by atoms with Gasteiger partial charge in [-0.2, -0.15) is 0 Å². The van der Waals surface area contributed by atoms with E-state index in [1.54, 1.807) is 0 Å². The van der Waals surface area contributed by atoms with Crippen molar-refractivity contribution in [2.24, 2.45) is 0 Å². The Morgan fingerprint density at radius 1 is 1.29 bits per heavy atom. The Bertz CT molecular complexity index is 406. The van der Waals surface area contributed by atoms with Gasteiger partial charge in [-0.15, -0.1) is 11.3 Å². The van der Waals surface area contributed by atoms with Crippen molar-refractivity contribution >= 4 is 16.5 Å². The van der Waals surface area contributed by atoms with Gasteiger partial charge >= 0.3 is 0 Å². The number of anilines is 1. The van der Waals surface area contributed by atoms with Gasteiger partial charge in [0.25, 0.3) is 0 Å². The van der Waals surface area contributed by atoms with E-state index in [4.69, 9.17) is 9.72 Å². The second-order valence-corrected chi connectivity index (χ2v) is 6.83. The van der Waals surface area contributed by atoms with Crippen molar-refractivity contribution in [1.29, 1.82) is 0 Å². The molecule has 1 aromatic heterocycles. The highest BCUT2D eigenvalue weighted by molar-refractivity contribution is 7.15. The van der Waals surface area contributed by atoms with E-state index in [0.29, 0.717) is 12.0 Å². The summed E-state index contributed by atoms with van der Waals surface area (Å²) in [5.74, 6) is 0.513. The Balaban J connectivity index is 2.80. The lowest BCUT2D eigenvalue weighted by molar-refractivity contribution is 0.154. The van der Waals surface area contributed by atoms with Crippen LogP contribution in [-0.2, 0) is 11.3 Å². The number of hydrogen-bond acceptors (Lipinski definition) is 5. The maximum atomic E-state index is 5.43. The highest BCUT2D eigenvalue weighted by atomic mass is 32.1. The molecule has 1 heterocycles. The van der Waals surface area contributed by atoms with Crippen LogP contribution in [0.15, 0.2) is 0 Å². The summed E-state index contributed by atoms with van der Waals surface area (Å²) in [6.07, 6.45) is 1.13. The van der Waals surface area contributed by atoms with E-state index < -0.39 is 0 Å². The second kappa shape index (κ2) is 9.38. The van der Waals surface area contributed by atoms with Crippen molar-refractivity contribution in [3.8, 4) is 0 Å². The van der Waals surface area contributed by atoms with Gasteiger partial charge in [-0.25, -0.2) is 4.98 Å². The molecule has 21 heavy (non-hydrogen) atoms. The maximum Gasteiger partial charge on any atom is 0.185 e. The molecule has 0 saturated heterocycles. The first-order valence-corrected chi connectivity index (χ1v) is 8.83. The van der Waals surface area contributed by atoms with E-state index in [1.165, 1.54) is 10.6 Å². The number of likely N-dealkylation sites (N-methyl/N-ethyl adjacent to an activating group) is 1. The van der Waals surface area contributed by atoms with Gasteiger partial charge in [0.15, 0.2) is 5.13 Å². The van der Waals surface area contributed by atoms with Crippen LogP contribution in [0, 0.1) is 0 Å². The summed E-state index contributed by atoms with van der Waals surface area (Å²) in [6.45, 7) is 14.2. The van der Waals surface area contributed by atoms with Crippen molar-refractivity contribution in [3.63, 3.8) is 0 Å². The van der Waals surface area contributed by atoms with Gasteiger partial charge in [-0.1, -0.05) is 27.7 Å². The third-order valence-corrected chi connectivity index (χ3v) is 4.75. The van der Waals surface area contributed by atoms with Crippen molar-refractivity contribution in [2.45, 2.75) is 59.5 Å². The monoisotopic (exact) mass is 313 g/mol. The molecule has 0 spiro atoms. The first kappa shape index (κ1) is 18.4. The molecule has 0 amide bonds. The molecule has 0 aromatic carbocycles. The summed E-state index contributed by atoms with van der Waals surface area (Å²) in [5.41, 5.74) is 1.26. The van der Waals surface area contributed by atoms with E-state index in [9.17, 15) is 0 Å². The molecule has 1 aromatic rings. The molecule has 0 aliphatic carbocycles. The highest BCUT2D eigenvalue weighted by Crippen LogP contribution is 2.31. The fraction of sp³-hybridized carbons (Fsp3) is 0.812. The number of thiazole rings is 1. The van der Waals surface area contributed by atoms with E-state index in [2.05, 4.69) is 45.0 Å². The average molecular weight is 314 g/mol. The molecular formula is C16H31N3OS.